The first-order chi connectivity index (χ1) is 9.41. The first kappa shape index (κ1) is 15.4. The maximum Gasteiger partial charge on any atom is 0.241 e. The third-order valence-corrected chi connectivity index (χ3v) is 5.63. The third-order valence-electron chi connectivity index (χ3n) is 3.61. The van der Waals surface area contributed by atoms with E-state index >= 15 is 0 Å². The summed E-state index contributed by atoms with van der Waals surface area (Å²) in [5.74, 6) is 0. The summed E-state index contributed by atoms with van der Waals surface area (Å²) in [7, 11) is -3.68. The molecule has 1 fully saturated rings. The minimum absolute atomic E-state index is 0.0862. The Morgan fingerprint density at radius 2 is 2.00 bits per heavy atom. The highest BCUT2D eigenvalue weighted by atomic mass is 79.9. The number of nitrogens with two attached hydrogens (primary N) is 1. The SMILES string of the molecule is N#Cc1cc(Br)cc(S(=O)(=O)NC2(CN)CCCC2)c1. The van der Waals surface area contributed by atoms with Crippen LogP contribution in [0.1, 0.15) is 31.2 Å². The van der Waals surface area contributed by atoms with Gasteiger partial charge in [0.15, 0.2) is 0 Å². The normalized spacial score (nSPS) is 17.9. The van der Waals surface area contributed by atoms with E-state index in [1.54, 1.807) is 6.07 Å². The highest BCUT2D eigenvalue weighted by Gasteiger charge is 2.36. The van der Waals surface area contributed by atoms with E-state index < -0.39 is 15.6 Å². The fraction of sp³-hybridized carbons (Fsp3) is 0.462. The van der Waals surface area contributed by atoms with Crippen molar-refractivity contribution in [3.05, 3.63) is 28.2 Å². The van der Waals surface area contributed by atoms with Gasteiger partial charge in [0.05, 0.1) is 16.5 Å². The molecule has 1 aliphatic rings. The van der Waals surface area contributed by atoms with Crippen LogP contribution in [0.25, 0.3) is 0 Å². The van der Waals surface area contributed by atoms with Crippen molar-refractivity contribution in [2.24, 2.45) is 5.73 Å². The smallest absolute Gasteiger partial charge is 0.241 e. The van der Waals surface area contributed by atoms with Crippen molar-refractivity contribution in [2.75, 3.05) is 6.54 Å². The molecule has 20 heavy (non-hydrogen) atoms. The van der Waals surface area contributed by atoms with Crippen LogP contribution in [0.5, 0.6) is 0 Å². The van der Waals surface area contributed by atoms with Crippen molar-refractivity contribution in [1.82, 2.24) is 4.72 Å². The van der Waals surface area contributed by atoms with Gasteiger partial charge in [-0.15, -0.1) is 0 Å². The number of hydrogen-bond donors (Lipinski definition) is 2. The topological polar surface area (TPSA) is 96.0 Å². The van der Waals surface area contributed by atoms with E-state index in [-0.39, 0.29) is 11.4 Å². The number of hydrogen-bond acceptors (Lipinski definition) is 4. The molecule has 0 aromatic heterocycles. The average Bonchev–Trinajstić information content (AvgIpc) is 2.86. The Bertz CT molecular complexity index is 646. The van der Waals surface area contributed by atoms with Gasteiger partial charge in [-0.1, -0.05) is 28.8 Å². The Morgan fingerprint density at radius 1 is 1.35 bits per heavy atom. The second-order valence-electron chi connectivity index (χ2n) is 5.08. The lowest BCUT2D eigenvalue weighted by Crippen LogP contribution is -2.51. The summed E-state index contributed by atoms with van der Waals surface area (Å²) in [5, 5.41) is 8.93. The molecule has 7 heteroatoms. The molecular formula is C13H16BrN3O2S. The molecule has 0 bridgehead atoms. The van der Waals surface area contributed by atoms with Crippen molar-refractivity contribution >= 4 is 26.0 Å². The van der Waals surface area contributed by atoms with Crippen molar-refractivity contribution in [3.63, 3.8) is 0 Å². The van der Waals surface area contributed by atoms with E-state index in [4.69, 9.17) is 11.0 Å². The summed E-state index contributed by atoms with van der Waals surface area (Å²) in [4.78, 5) is 0.0862. The van der Waals surface area contributed by atoms with Crippen molar-refractivity contribution in [1.29, 1.82) is 5.26 Å². The van der Waals surface area contributed by atoms with Crippen LogP contribution in [0.3, 0.4) is 0 Å². The molecule has 0 saturated heterocycles. The van der Waals surface area contributed by atoms with Crippen LogP contribution in [-0.2, 0) is 10.0 Å². The quantitative estimate of drug-likeness (QED) is 0.859. The number of benzene rings is 1. The van der Waals surface area contributed by atoms with E-state index in [1.807, 2.05) is 6.07 Å². The molecule has 1 aliphatic carbocycles. The zero-order valence-electron chi connectivity index (χ0n) is 10.9. The summed E-state index contributed by atoms with van der Waals surface area (Å²) in [5.41, 5.74) is 5.50. The average molecular weight is 358 g/mol. The van der Waals surface area contributed by atoms with Crippen molar-refractivity contribution < 1.29 is 8.42 Å². The molecule has 0 spiro atoms. The van der Waals surface area contributed by atoms with E-state index in [0.717, 1.165) is 25.7 Å². The number of halogens is 1. The minimum atomic E-state index is -3.68. The van der Waals surface area contributed by atoms with Gasteiger partial charge in [0.1, 0.15) is 0 Å². The first-order valence-corrected chi connectivity index (χ1v) is 8.63. The van der Waals surface area contributed by atoms with Crippen LogP contribution in [0.4, 0.5) is 0 Å². The second-order valence-corrected chi connectivity index (χ2v) is 7.68. The van der Waals surface area contributed by atoms with Gasteiger partial charge in [0.2, 0.25) is 10.0 Å². The fourth-order valence-corrected chi connectivity index (χ4v) is 4.71. The molecule has 0 unspecified atom stereocenters. The van der Waals surface area contributed by atoms with E-state index in [9.17, 15) is 8.42 Å². The van der Waals surface area contributed by atoms with Crippen LogP contribution in [-0.4, -0.2) is 20.5 Å². The molecule has 0 radical (unpaired) electrons. The van der Waals surface area contributed by atoms with Gasteiger partial charge in [0, 0.05) is 16.6 Å². The van der Waals surface area contributed by atoms with E-state index in [2.05, 4.69) is 20.7 Å². The zero-order valence-corrected chi connectivity index (χ0v) is 13.3. The fourth-order valence-electron chi connectivity index (χ4n) is 2.53. The summed E-state index contributed by atoms with van der Waals surface area (Å²) < 4.78 is 28.2. The van der Waals surface area contributed by atoms with Gasteiger partial charge in [-0.25, -0.2) is 13.1 Å². The number of nitrogens with zero attached hydrogens (tertiary/aromatic N) is 1. The van der Waals surface area contributed by atoms with Gasteiger partial charge in [0.25, 0.3) is 0 Å². The lowest BCUT2D eigenvalue weighted by molar-refractivity contribution is 0.399. The summed E-state index contributed by atoms with van der Waals surface area (Å²) in [6.07, 6.45) is 3.45. The third kappa shape index (κ3) is 3.20. The van der Waals surface area contributed by atoms with Crippen LogP contribution < -0.4 is 10.5 Å². The maximum atomic E-state index is 12.5. The Labute approximate surface area is 127 Å². The van der Waals surface area contributed by atoms with Crippen molar-refractivity contribution in [3.8, 4) is 6.07 Å². The molecular weight excluding hydrogens is 342 g/mol. The number of sulfonamides is 1. The molecule has 0 amide bonds. The largest absolute Gasteiger partial charge is 0.329 e. The predicted molar refractivity (Wildman–Crippen MR) is 79.4 cm³/mol. The highest BCUT2D eigenvalue weighted by Crippen LogP contribution is 2.31. The Hall–Kier alpha value is -0.940. The molecule has 108 valence electrons. The predicted octanol–water partition coefficient (Wildman–Crippen LogP) is 1.87. The Kier molecular flexibility index (Phi) is 4.49. The van der Waals surface area contributed by atoms with Crippen LogP contribution in [0.15, 0.2) is 27.6 Å². The van der Waals surface area contributed by atoms with Crippen LogP contribution in [0.2, 0.25) is 0 Å². The van der Waals surface area contributed by atoms with Gasteiger partial charge in [-0.3, -0.25) is 0 Å². The molecule has 1 aromatic rings. The van der Waals surface area contributed by atoms with Gasteiger partial charge in [-0.05, 0) is 31.0 Å². The lowest BCUT2D eigenvalue weighted by Gasteiger charge is -2.28. The van der Waals surface area contributed by atoms with Crippen molar-refractivity contribution in [2.45, 2.75) is 36.1 Å². The molecule has 1 aromatic carbocycles. The zero-order chi connectivity index (χ0) is 14.8. The number of nitriles is 1. The lowest BCUT2D eigenvalue weighted by atomic mass is 10.0. The van der Waals surface area contributed by atoms with Crippen LogP contribution >= 0.6 is 15.9 Å². The monoisotopic (exact) mass is 357 g/mol. The highest BCUT2D eigenvalue weighted by molar-refractivity contribution is 9.10. The second kappa shape index (κ2) is 5.82. The standard InChI is InChI=1S/C13H16BrN3O2S/c14-11-5-10(8-15)6-12(7-11)20(18,19)17-13(9-16)3-1-2-4-13/h5-7,17H,1-4,9,16H2. The Balaban J connectivity index is 2.36. The summed E-state index contributed by atoms with van der Waals surface area (Å²) in [6, 6.07) is 6.38. The van der Waals surface area contributed by atoms with E-state index in [0.29, 0.717) is 10.0 Å². The molecule has 0 aliphatic heterocycles. The van der Waals surface area contributed by atoms with Gasteiger partial charge in [-0.2, -0.15) is 5.26 Å². The first-order valence-electron chi connectivity index (χ1n) is 6.36. The summed E-state index contributed by atoms with van der Waals surface area (Å²) >= 11 is 3.22. The van der Waals surface area contributed by atoms with Gasteiger partial charge < -0.3 is 5.73 Å². The Morgan fingerprint density at radius 3 is 2.55 bits per heavy atom. The van der Waals surface area contributed by atoms with Crippen LogP contribution in [0, 0.1) is 11.3 Å². The molecule has 5 nitrogen and oxygen atoms in total. The minimum Gasteiger partial charge on any atom is -0.329 e. The summed E-state index contributed by atoms with van der Waals surface area (Å²) in [6.45, 7) is 0.283. The van der Waals surface area contributed by atoms with E-state index in [1.165, 1.54) is 12.1 Å². The molecule has 0 atom stereocenters. The molecule has 0 heterocycles. The maximum absolute atomic E-state index is 12.5. The molecule has 3 N–H and O–H groups in total. The molecule has 2 rings (SSSR count). The number of nitrogens with one attached hydrogen (secondary N) is 1. The number of rotatable bonds is 4. The molecule has 1 saturated carbocycles. The van der Waals surface area contributed by atoms with Gasteiger partial charge >= 0.3 is 0 Å².